The fourth-order valence-corrected chi connectivity index (χ4v) is 2.55. The smallest absolute Gasteiger partial charge is 0.325 e. The molecule has 0 fully saturated rings. The summed E-state index contributed by atoms with van der Waals surface area (Å²) < 4.78 is 0. The van der Waals surface area contributed by atoms with Gasteiger partial charge in [0, 0.05) is 25.3 Å². The largest absolute Gasteiger partial charge is 0.480 e. The van der Waals surface area contributed by atoms with E-state index in [1.165, 1.54) is 11.1 Å². The van der Waals surface area contributed by atoms with Gasteiger partial charge in [0.2, 0.25) is 0 Å². The molecule has 1 aromatic carbocycles. The maximum Gasteiger partial charge on any atom is 0.325 e. The summed E-state index contributed by atoms with van der Waals surface area (Å²) in [4.78, 5) is 13.6. The van der Waals surface area contributed by atoms with Crippen molar-refractivity contribution in [3.63, 3.8) is 0 Å². The number of anilines is 1. The lowest BCUT2D eigenvalue weighted by Gasteiger charge is -2.34. The van der Waals surface area contributed by atoms with Crippen molar-refractivity contribution in [2.75, 3.05) is 18.5 Å². The van der Waals surface area contributed by atoms with E-state index in [1.807, 2.05) is 39.6 Å². The third-order valence-electron chi connectivity index (χ3n) is 3.28. The van der Waals surface area contributed by atoms with Crippen molar-refractivity contribution in [2.45, 2.75) is 46.2 Å². The van der Waals surface area contributed by atoms with E-state index in [4.69, 9.17) is 0 Å². The summed E-state index contributed by atoms with van der Waals surface area (Å²) in [6, 6.07) is 6.37. The third kappa shape index (κ3) is 4.23. The van der Waals surface area contributed by atoms with Crippen molar-refractivity contribution in [1.82, 2.24) is 5.32 Å². The molecule has 0 bridgehead atoms. The number of nitrogens with zero attached hydrogens (tertiary/aromatic N) is 1. The van der Waals surface area contributed by atoms with Crippen molar-refractivity contribution >= 4 is 11.7 Å². The van der Waals surface area contributed by atoms with Crippen LogP contribution in [0.5, 0.6) is 0 Å². The first kappa shape index (κ1) is 16.5. The number of likely N-dealkylation sites (N-methyl/N-ethyl adjacent to an activating group) is 1. The van der Waals surface area contributed by atoms with E-state index >= 15 is 0 Å². The Morgan fingerprint density at radius 1 is 1.30 bits per heavy atom. The van der Waals surface area contributed by atoms with E-state index in [0.717, 1.165) is 5.69 Å². The van der Waals surface area contributed by atoms with E-state index in [0.29, 0.717) is 6.54 Å². The van der Waals surface area contributed by atoms with Gasteiger partial charge in [-0.05, 0) is 57.9 Å². The van der Waals surface area contributed by atoms with Crippen molar-refractivity contribution < 1.29 is 9.90 Å². The number of carboxylic acid groups (broad SMARTS) is 1. The van der Waals surface area contributed by atoms with Crippen LogP contribution in [0.15, 0.2) is 18.2 Å². The Hall–Kier alpha value is -1.55. The molecule has 4 heteroatoms. The Labute approximate surface area is 121 Å². The fraction of sp³-hybridized carbons (Fsp3) is 0.562. The predicted molar refractivity (Wildman–Crippen MR) is 83.5 cm³/mol. The first-order chi connectivity index (χ1) is 9.14. The second-order valence-corrected chi connectivity index (χ2v) is 6.14. The topological polar surface area (TPSA) is 52.6 Å². The van der Waals surface area contributed by atoms with Crippen LogP contribution in [0.1, 0.15) is 31.9 Å². The number of aryl methyl sites for hydroxylation is 2. The number of aliphatic carboxylic acids is 1. The molecule has 1 aromatic rings. The van der Waals surface area contributed by atoms with Crippen molar-refractivity contribution in [2.24, 2.45) is 0 Å². The van der Waals surface area contributed by atoms with Gasteiger partial charge in [0.05, 0.1) is 0 Å². The molecule has 0 aliphatic carbocycles. The first-order valence-electron chi connectivity index (χ1n) is 6.94. The number of benzene rings is 1. The van der Waals surface area contributed by atoms with Crippen LogP contribution in [0.3, 0.4) is 0 Å². The number of hydrogen-bond acceptors (Lipinski definition) is 3. The maximum atomic E-state index is 11.6. The van der Waals surface area contributed by atoms with E-state index in [-0.39, 0.29) is 6.04 Å². The standard InChI is InChI=1S/C16H26N2O2/c1-11(2)17-16(5,15(19)20)10-18(6)14-8-12(3)7-13(4)9-14/h7-9,11,17H,10H2,1-6H3,(H,19,20). The number of carbonyl (C=O) groups is 1. The molecular formula is C16H26N2O2. The zero-order chi connectivity index (χ0) is 15.5. The number of rotatable bonds is 6. The lowest BCUT2D eigenvalue weighted by Crippen LogP contribution is -2.58. The monoisotopic (exact) mass is 278 g/mol. The average molecular weight is 278 g/mol. The molecule has 0 saturated carbocycles. The summed E-state index contributed by atoms with van der Waals surface area (Å²) in [6.45, 7) is 10.1. The van der Waals surface area contributed by atoms with Crippen molar-refractivity contribution in [1.29, 1.82) is 0 Å². The van der Waals surface area contributed by atoms with Crippen LogP contribution in [0.2, 0.25) is 0 Å². The zero-order valence-electron chi connectivity index (χ0n) is 13.3. The van der Waals surface area contributed by atoms with Crippen LogP contribution in [-0.2, 0) is 4.79 Å². The SMILES string of the molecule is Cc1cc(C)cc(N(C)CC(C)(NC(C)C)C(=O)O)c1. The molecule has 0 amide bonds. The van der Waals surface area contributed by atoms with Crippen molar-refractivity contribution in [3.8, 4) is 0 Å². The van der Waals surface area contributed by atoms with Crippen LogP contribution in [0.4, 0.5) is 5.69 Å². The van der Waals surface area contributed by atoms with Gasteiger partial charge in [0.25, 0.3) is 0 Å². The van der Waals surface area contributed by atoms with Crippen LogP contribution in [0, 0.1) is 13.8 Å². The molecule has 1 unspecified atom stereocenters. The third-order valence-corrected chi connectivity index (χ3v) is 3.28. The van der Waals surface area contributed by atoms with Crippen LogP contribution < -0.4 is 10.2 Å². The van der Waals surface area contributed by atoms with Crippen LogP contribution in [0.25, 0.3) is 0 Å². The molecular weight excluding hydrogens is 252 g/mol. The minimum Gasteiger partial charge on any atom is -0.480 e. The van der Waals surface area contributed by atoms with Gasteiger partial charge in [-0.1, -0.05) is 6.07 Å². The Kier molecular flexibility index (Phi) is 5.17. The summed E-state index contributed by atoms with van der Waals surface area (Å²) in [6.07, 6.45) is 0. The van der Waals surface area contributed by atoms with Gasteiger partial charge in [0.15, 0.2) is 0 Å². The van der Waals surface area contributed by atoms with E-state index in [1.54, 1.807) is 6.92 Å². The molecule has 0 saturated heterocycles. The van der Waals surface area contributed by atoms with Crippen LogP contribution in [-0.4, -0.2) is 36.2 Å². The van der Waals surface area contributed by atoms with Gasteiger partial charge in [-0.25, -0.2) is 0 Å². The molecule has 0 aliphatic heterocycles. The normalized spacial score (nSPS) is 14.2. The van der Waals surface area contributed by atoms with Gasteiger partial charge in [-0.15, -0.1) is 0 Å². The van der Waals surface area contributed by atoms with Gasteiger partial charge in [-0.3, -0.25) is 10.1 Å². The molecule has 20 heavy (non-hydrogen) atoms. The summed E-state index contributed by atoms with van der Waals surface area (Å²) in [7, 11) is 1.93. The molecule has 0 spiro atoms. The summed E-state index contributed by atoms with van der Waals surface area (Å²) >= 11 is 0. The molecule has 112 valence electrons. The fourth-order valence-electron chi connectivity index (χ4n) is 2.55. The molecule has 0 heterocycles. The Balaban J connectivity index is 2.96. The lowest BCUT2D eigenvalue weighted by atomic mass is 10.00. The Morgan fingerprint density at radius 3 is 2.20 bits per heavy atom. The quantitative estimate of drug-likeness (QED) is 0.840. The number of carboxylic acids is 1. The van der Waals surface area contributed by atoms with Crippen LogP contribution >= 0.6 is 0 Å². The predicted octanol–water partition coefficient (Wildman–Crippen LogP) is 2.58. The molecule has 1 atom stereocenters. The Bertz CT molecular complexity index is 465. The van der Waals surface area contributed by atoms with Gasteiger partial charge < -0.3 is 10.0 Å². The highest BCUT2D eigenvalue weighted by atomic mass is 16.4. The summed E-state index contributed by atoms with van der Waals surface area (Å²) in [5.41, 5.74) is 2.43. The van der Waals surface area contributed by atoms with Crippen molar-refractivity contribution in [3.05, 3.63) is 29.3 Å². The highest BCUT2D eigenvalue weighted by Crippen LogP contribution is 2.20. The van der Waals surface area contributed by atoms with E-state index in [2.05, 4.69) is 23.5 Å². The summed E-state index contributed by atoms with van der Waals surface area (Å²) in [5.74, 6) is -0.831. The van der Waals surface area contributed by atoms with Gasteiger partial charge >= 0.3 is 5.97 Å². The zero-order valence-corrected chi connectivity index (χ0v) is 13.3. The van der Waals surface area contributed by atoms with E-state index in [9.17, 15) is 9.90 Å². The molecule has 2 N–H and O–H groups in total. The van der Waals surface area contributed by atoms with Gasteiger partial charge in [0.1, 0.15) is 5.54 Å². The number of hydrogen-bond donors (Lipinski definition) is 2. The Morgan fingerprint density at radius 2 is 1.80 bits per heavy atom. The summed E-state index contributed by atoms with van der Waals surface area (Å²) in [5, 5.41) is 12.6. The van der Waals surface area contributed by atoms with E-state index < -0.39 is 11.5 Å². The highest BCUT2D eigenvalue weighted by Gasteiger charge is 2.34. The lowest BCUT2D eigenvalue weighted by molar-refractivity contribution is -0.144. The minimum absolute atomic E-state index is 0.115. The molecule has 0 aliphatic rings. The second kappa shape index (κ2) is 6.27. The second-order valence-electron chi connectivity index (χ2n) is 6.14. The molecule has 1 rings (SSSR count). The average Bonchev–Trinajstić information content (AvgIpc) is 2.25. The van der Waals surface area contributed by atoms with Gasteiger partial charge in [-0.2, -0.15) is 0 Å². The highest BCUT2D eigenvalue weighted by molar-refractivity contribution is 5.79. The molecule has 0 aromatic heterocycles. The number of nitrogens with one attached hydrogen (secondary N) is 1. The molecule has 0 radical (unpaired) electrons. The maximum absolute atomic E-state index is 11.6. The molecule has 4 nitrogen and oxygen atoms in total. The minimum atomic E-state index is -0.972. The first-order valence-corrected chi connectivity index (χ1v) is 6.94.